The third-order valence-corrected chi connectivity index (χ3v) is 5.91. The highest BCUT2D eigenvalue weighted by atomic mass is 16.3. The van der Waals surface area contributed by atoms with Crippen molar-refractivity contribution in [1.29, 1.82) is 0 Å². The molecule has 0 amide bonds. The SMILES string of the molecule is Cc1ccc(O)cc1N1CCN([C@H]2Cc3c(N)cccc3C[C@@H]2O)CC1. The summed E-state index contributed by atoms with van der Waals surface area (Å²) in [5.41, 5.74) is 11.7. The first-order valence-corrected chi connectivity index (χ1v) is 9.36. The number of nitrogen functional groups attached to an aromatic ring is 1. The number of rotatable bonds is 2. The zero-order valence-corrected chi connectivity index (χ0v) is 15.2. The Hall–Kier alpha value is -2.24. The molecule has 2 aromatic carbocycles. The highest BCUT2D eigenvalue weighted by molar-refractivity contribution is 5.57. The standard InChI is InChI=1S/C21H27N3O2/c1-14-5-6-16(25)12-19(14)23-7-9-24(10-8-23)20-13-17-15(11-21(20)26)3-2-4-18(17)22/h2-6,12,20-21,25-26H,7-11,13,22H2,1H3/t20-,21-/m0/s1. The average Bonchev–Trinajstić information content (AvgIpc) is 2.64. The number of phenols is 1. The third kappa shape index (κ3) is 3.13. The molecule has 0 saturated carbocycles. The van der Waals surface area contributed by atoms with Gasteiger partial charge in [0.2, 0.25) is 0 Å². The molecule has 5 heteroatoms. The number of hydrogen-bond donors (Lipinski definition) is 3. The molecule has 2 aromatic rings. The van der Waals surface area contributed by atoms with Crippen molar-refractivity contribution < 1.29 is 10.2 Å². The summed E-state index contributed by atoms with van der Waals surface area (Å²) >= 11 is 0. The van der Waals surface area contributed by atoms with Crippen LogP contribution in [0.4, 0.5) is 11.4 Å². The van der Waals surface area contributed by atoms with Crippen molar-refractivity contribution in [1.82, 2.24) is 4.90 Å². The van der Waals surface area contributed by atoms with Crippen LogP contribution in [0.3, 0.4) is 0 Å². The van der Waals surface area contributed by atoms with Crippen molar-refractivity contribution in [2.75, 3.05) is 36.8 Å². The highest BCUT2D eigenvalue weighted by Gasteiger charge is 2.34. The second-order valence-corrected chi connectivity index (χ2v) is 7.52. The van der Waals surface area contributed by atoms with Crippen LogP contribution in [0.2, 0.25) is 0 Å². The topological polar surface area (TPSA) is 73.0 Å². The molecule has 26 heavy (non-hydrogen) atoms. The number of benzene rings is 2. The molecule has 1 aliphatic carbocycles. The van der Waals surface area contributed by atoms with E-state index in [1.54, 1.807) is 6.07 Å². The summed E-state index contributed by atoms with van der Waals surface area (Å²) in [7, 11) is 0. The van der Waals surface area contributed by atoms with Crippen LogP contribution in [0.25, 0.3) is 0 Å². The first kappa shape index (κ1) is 17.2. The number of aromatic hydroxyl groups is 1. The molecule has 4 rings (SSSR count). The molecule has 2 aliphatic rings. The molecule has 138 valence electrons. The maximum Gasteiger partial charge on any atom is 0.117 e. The molecule has 1 aliphatic heterocycles. The van der Waals surface area contributed by atoms with Crippen molar-refractivity contribution in [3.05, 3.63) is 53.1 Å². The smallest absolute Gasteiger partial charge is 0.117 e. The van der Waals surface area contributed by atoms with E-state index in [9.17, 15) is 10.2 Å². The fourth-order valence-corrected chi connectivity index (χ4v) is 4.41. The average molecular weight is 353 g/mol. The number of piperazine rings is 1. The van der Waals surface area contributed by atoms with Gasteiger partial charge in [0.1, 0.15) is 5.75 Å². The lowest BCUT2D eigenvalue weighted by Gasteiger charge is -2.44. The molecule has 1 saturated heterocycles. The van der Waals surface area contributed by atoms with Gasteiger partial charge in [-0.2, -0.15) is 0 Å². The Bertz CT molecular complexity index is 800. The number of hydrogen-bond acceptors (Lipinski definition) is 5. The van der Waals surface area contributed by atoms with Crippen LogP contribution in [0.5, 0.6) is 5.75 Å². The summed E-state index contributed by atoms with van der Waals surface area (Å²) in [4.78, 5) is 4.72. The Morgan fingerprint density at radius 1 is 1.04 bits per heavy atom. The Morgan fingerprint density at radius 2 is 1.81 bits per heavy atom. The summed E-state index contributed by atoms with van der Waals surface area (Å²) in [6, 6.07) is 11.7. The molecule has 1 heterocycles. The normalized spacial score (nSPS) is 23.7. The number of nitrogens with zero attached hydrogens (tertiary/aromatic N) is 2. The fourth-order valence-electron chi connectivity index (χ4n) is 4.41. The predicted molar refractivity (Wildman–Crippen MR) is 105 cm³/mol. The van der Waals surface area contributed by atoms with Crippen LogP contribution in [0, 0.1) is 6.92 Å². The lowest BCUT2D eigenvalue weighted by molar-refractivity contribution is 0.0396. The van der Waals surface area contributed by atoms with Crippen molar-refractivity contribution in [3.63, 3.8) is 0 Å². The maximum absolute atomic E-state index is 10.7. The Morgan fingerprint density at radius 3 is 2.58 bits per heavy atom. The van der Waals surface area contributed by atoms with E-state index in [1.807, 2.05) is 24.3 Å². The lowest BCUT2D eigenvalue weighted by Crippen LogP contribution is -2.56. The Kier molecular flexibility index (Phi) is 4.51. The van der Waals surface area contributed by atoms with Gasteiger partial charge in [0.25, 0.3) is 0 Å². The number of aryl methyl sites for hydroxylation is 1. The van der Waals surface area contributed by atoms with E-state index in [4.69, 9.17) is 5.73 Å². The third-order valence-electron chi connectivity index (χ3n) is 5.91. The molecule has 2 atom stereocenters. The first-order valence-electron chi connectivity index (χ1n) is 9.36. The van der Waals surface area contributed by atoms with Crippen LogP contribution < -0.4 is 10.6 Å². The van der Waals surface area contributed by atoms with Gasteiger partial charge in [0.15, 0.2) is 0 Å². The summed E-state index contributed by atoms with van der Waals surface area (Å²) < 4.78 is 0. The largest absolute Gasteiger partial charge is 0.508 e. The van der Waals surface area contributed by atoms with Gasteiger partial charge in [-0.25, -0.2) is 0 Å². The van der Waals surface area contributed by atoms with E-state index in [2.05, 4.69) is 22.8 Å². The number of aliphatic hydroxyl groups excluding tert-OH is 1. The van der Waals surface area contributed by atoms with Gasteiger partial charge in [0.05, 0.1) is 6.10 Å². The van der Waals surface area contributed by atoms with Gasteiger partial charge in [-0.3, -0.25) is 4.90 Å². The van der Waals surface area contributed by atoms with E-state index in [-0.39, 0.29) is 12.1 Å². The van der Waals surface area contributed by atoms with E-state index in [1.165, 1.54) is 16.7 Å². The minimum Gasteiger partial charge on any atom is -0.508 e. The number of nitrogens with two attached hydrogens (primary N) is 1. The van der Waals surface area contributed by atoms with Gasteiger partial charge in [-0.1, -0.05) is 18.2 Å². The van der Waals surface area contributed by atoms with Crippen LogP contribution in [-0.4, -0.2) is 53.4 Å². The maximum atomic E-state index is 10.7. The summed E-state index contributed by atoms with van der Waals surface area (Å²) in [6.45, 7) is 5.67. The van der Waals surface area contributed by atoms with Gasteiger partial charge >= 0.3 is 0 Å². The van der Waals surface area contributed by atoms with Crippen molar-refractivity contribution in [2.45, 2.75) is 31.9 Å². The van der Waals surface area contributed by atoms with Gasteiger partial charge in [0, 0.05) is 56.1 Å². The van der Waals surface area contributed by atoms with Crippen molar-refractivity contribution in [3.8, 4) is 5.75 Å². The van der Waals surface area contributed by atoms with Gasteiger partial charge < -0.3 is 20.8 Å². The predicted octanol–water partition coefficient (Wildman–Crippen LogP) is 1.93. The Labute approximate surface area is 154 Å². The molecule has 0 aromatic heterocycles. The summed E-state index contributed by atoms with van der Waals surface area (Å²) in [6.07, 6.45) is 1.14. The zero-order valence-electron chi connectivity index (χ0n) is 15.2. The van der Waals surface area contributed by atoms with Crippen molar-refractivity contribution in [2.24, 2.45) is 0 Å². The minimum atomic E-state index is -0.349. The zero-order chi connectivity index (χ0) is 18.3. The number of aliphatic hydroxyl groups is 1. The van der Waals surface area contributed by atoms with Crippen LogP contribution in [0.15, 0.2) is 36.4 Å². The Balaban J connectivity index is 1.46. The quantitative estimate of drug-likeness (QED) is 0.720. The second-order valence-electron chi connectivity index (χ2n) is 7.52. The van der Waals surface area contributed by atoms with Gasteiger partial charge in [-0.05, 0) is 42.2 Å². The number of fused-ring (bicyclic) bond motifs is 1. The highest BCUT2D eigenvalue weighted by Crippen LogP contribution is 2.31. The van der Waals surface area contributed by atoms with E-state index >= 15 is 0 Å². The monoisotopic (exact) mass is 353 g/mol. The second kappa shape index (κ2) is 6.82. The number of phenolic OH excluding ortho intramolecular Hbond substituents is 1. The van der Waals surface area contributed by atoms with Crippen LogP contribution >= 0.6 is 0 Å². The number of anilines is 2. The van der Waals surface area contributed by atoms with Crippen LogP contribution in [0.1, 0.15) is 16.7 Å². The van der Waals surface area contributed by atoms with Gasteiger partial charge in [-0.15, -0.1) is 0 Å². The molecule has 0 radical (unpaired) electrons. The summed E-state index contributed by atoms with van der Waals surface area (Å²) in [5, 5.41) is 20.5. The summed E-state index contributed by atoms with van der Waals surface area (Å²) in [5.74, 6) is 0.308. The molecular weight excluding hydrogens is 326 g/mol. The van der Waals surface area contributed by atoms with Crippen molar-refractivity contribution >= 4 is 11.4 Å². The molecule has 0 unspecified atom stereocenters. The fraction of sp³-hybridized carbons (Fsp3) is 0.429. The van der Waals surface area contributed by atoms with E-state index < -0.39 is 0 Å². The molecule has 5 nitrogen and oxygen atoms in total. The first-order chi connectivity index (χ1) is 12.5. The van der Waals surface area contributed by atoms with E-state index in [0.717, 1.165) is 44.0 Å². The molecule has 4 N–H and O–H groups in total. The minimum absolute atomic E-state index is 0.125. The lowest BCUT2D eigenvalue weighted by atomic mass is 9.84. The van der Waals surface area contributed by atoms with Crippen LogP contribution in [-0.2, 0) is 12.8 Å². The molecular formula is C21H27N3O2. The molecule has 1 fully saturated rings. The molecule has 0 bridgehead atoms. The van der Waals surface area contributed by atoms with E-state index in [0.29, 0.717) is 12.2 Å². The molecule has 0 spiro atoms.